The number of hydrogen-bond acceptors (Lipinski definition) is 4. The fourth-order valence-corrected chi connectivity index (χ4v) is 3.87. The highest BCUT2D eigenvalue weighted by Gasteiger charge is 2.26. The second-order valence-corrected chi connectivity index (χ2v) is 7.87. The second kappa shape index (κ2) is 9.28. The third-order valence-electron chi connectivity index (χ3n) is 5.55. The lowest BCUT2D eigenvalue weighted by molar-refractivity contribution is -0.120. The number of aromatic nitrogens is 1. The number of nitrogens with one attached hydrogen (secondary N) is 1. The molecule has 0 spiro atoms. The zero-order valence-corrected chi connectivity index (χ0v) is 17.7. The first-order chi connectivity index (χ1) is 14.6. The minimum absolute atomic E-state index is 0.0106. The minimum Gasteiger partial charge on any atom is -0.354 e. The summed E-state index contributed by atoms with van der Waals surface area (Å²) in [6.45, 7) is 5.23. The number of halogens is 1. The Balaban J connectivity index is 1.39. The van der Waals surface area contributed by atoms with E-state index in [0.717, 1.165) is 48.8 Å². The molecule has 30 heavy (non-hydrogen) atoms. The number of para-hydroxylation sites is 1. The first-order valence-corrected chi connectivity index (χ1v) is 10.6. The summed E-state index contributed by atoms with van der Waals surface area (Å²) >= 11 is 5.93. The predicted octanol–water partition coefficient (Wildman–Crippen LogP) is 4.55. The molecule has 6 heteroatoms. The van der Waals surface area contributed by atoms with E-state index in [2.05, 4.69) is 32.2 Å². The number of pyridine rings is 1. The topological polar surface area (TPSA) is 48.5 Å². The molecule has 1 unspecified atom stereocenters. The zero-order valence-electron chi connectivity index (χ0n) is 17.0. The number of anilines is 2. The van der Waals surface area contributed by atoms with Crippen molar-refractivity contribution in [2.24, 2.45) is 0 Å². The molecule has 2 heterocycles. The summed E-state index contributed by atoms with van der Waals surface area (Å²) < 4.78 is 0. The van der Waals surface area contributed by atoms with Crippen LogP contribution >= 0.6 is 11.6 Å². The Hall–Kier alpha value is -2.89. The Morgan fingerprint density at radius 3 is 2.37 bits per heavy atom. The van der Waals surface area contributed by atoms with Gasteiger partial charge in [-0.05, 0) is 30.7 Å². The summed E-state index contributed by atoms with van der Waals surface area (Å²) in [7, 11) is 0. The average Bonchev–Trinajstić information content (AvgIpc) is 2.80. The van der Waals surface area contributed by atoms with Crippen LogP contribution in [0.5, 0.6) is 0 Å². The number of rotatable bonds is 5. The lowest BCUT2D eigenvalue weighted by Gasteiger charge is -2.38. The average molecular weight is 421 g/mol. The maximum Gasteiger partial charge on any atom is 0.241 e. The number of hydrogen-bond donors (Lipinski definition) is 1. The molecule has 0 saturated carbocycles. The van der Waals surface area contributed by atoms with Crippen LogP contribution in [-0.4, -0.2) is 48.0 Å². The quantitative estimate of drug-likeness (QED) is 0.657. The van der Waals surface area contributed by atoms with Gasteiger partial charge >= 0.3 is 0 Å². The smallest absolute Gasteiger partial charge is 0.241 e. The van der Waals surface area contributed by atoms with Crippen LogP contribution in [0.3, 0.4) is 0 Å². The number of amides is 1. The van der Waals surface area contributed by atoms with Crippen LogP contribution in [0.15, 0.2) is 72.9 Å². The van der Waals surface area contributed by atoms with Gasteiger partial charge in [0.1, 0.15) is 5.82 Å². The van der Waals surface area contributed by atoms with Crippen molar-refractivity contribution in [3.8, 4) is 11.1 Å². The van der Waals surface area contributed by atoms with Crippen LogP contribution in [0.2, 0.25) is 5.02 Å². The van der Waals surface area contributed by atoms with Crippen molar-refractivity contribution < 1.29 is 4.79 Å². The molecule has 154 valence electrons. The van der Waals surface area contributed by atoms with Gasteiger partial charge < -0.3 is 10.2 Å². The number of carbonyl (C=O) groups excluding carboxylic acids is 1. The van der Waals surface area contributed by atoms with E-state index < -0.39 is 0 Å². The first kappa shape index (κ1) is 20.4. The van der Waals surface area contributed by atoms with E-state index in [1.54, 1.807) is 6.20 Å². The van der Waals surface area contributed by atoms with Gasteiger partial charge in [-0.25, -0.2) is 4.98 Å². The maximum atomic E-state index is 13.0. The summed E-state index contributed by atoms with van der Waals surface area (Å²) in [5.41, 5.74) is 2.95. The van der Waals surface area contributed by atoms with E-state index in [4.69, 9.17) is 11.6 Å². The van der Waals surface area contributed by atoms with E-state index in [0.29, 0.717) is 5.02 Å². The van der Waals surface area contributed by atoms with Crippen molar-refractivity contribution in [1.82, 2.24) is 9.88 Å². The monoisotopic (exact) mass is 420 g/mol. The van der Waals surface area contributed by atoms with Crippen molar-refractivity contribution >= 4 is 29.0 Å². The second-order valence-electron chi connectivity index (χ2n) is 7.43. The molecule has 3 aromatic rings. The minimum atomic E-state index is -0.214. The third kappa shape index (κ3) is 4.64. The van der Waals surface area contributed by atoms with Crippen molar-refractivity contribution in [3.05, 3.63) is 77.9 Å². The number of benzene rings is 2. The van der Waals surface area contributed by atoms with E-state index >= 15 is 0 Å². The van der Waals surface area contributed by atoms with E-state index in [1.807, 2.05) is 61.5 Å². The molecule has 1 fully saturated rings. The zero-order chi connectivity index (χ0) is 20.9. The Labute approximate surface area is 182 Å². The molecule has 0 radical (unpaired) electrons. The highest BCUT2D eigenvalue weighted by atomic mass is 35.5. The van der Waals surface area contributed by atoms with Crippen LogP contribution in [0, 0.1) is 0 Å². The third-order valence-corrected chi connectivity index (χ3v) is 5.77. The van der Waals surface area contributed by atoms with E-state index in [-0.39, 0.29) is 11.9 Å². The maximum absolute atomic E-state index is 13.0. The molecule has 1 amide bonds. The largest absolute Gasteiger partial charge is 0.354 e. The highest BCUT2D eigenvalue weighted by Crippen LogP contribution is 2.28. The van der Waals surface area contributed by atoms with Crippen molar-refractivity contribution in [2.75, 3.05) is 36.4 Å². The van der Waals surface area contributed by atoms with Crippen molar-refractivity contribution in [3.63, 3.8) is 0 Å². The summed E-state index contributed by atoms with van der Waals surface area (Å²) in [5, 5.41) is 3.77. The lowest BCUT2D eigenvalue weighted by Crippen LogP contribution is -2.53. The van der Waals surface area contributed by atoms with Gasteiger partial charge in [-0.1, -0.05) is 60.1 Å². The van der Waals surface area contributed by atoms with E-state index in [9.17, 15) is 4.79 Å². The summed E-state index contributed by atoms with van der Waals surface area (Å²) in [6, 6.07) is 21.6. The van der Waals surface area contributed by atoms with Crippen LogP contribution < -0.4 is 10.2 Å². The van der Waals surface area contributed by atoms with Gasteiger partial charge in [0.15, 0.2) is 0 Å². The molecule has 1 aliphatic rings. The van der Waals surface area contributed by atoms with Crippen LogP contribution in [0.1, 0.15) is 6.92 Å². The Morgan fingerprint density at radius 1 is 0.967 bits per heavy atom. The summed E-state index contributed by atoms with van der Waals surface area (Å²) in [5.74, 6) is 0.935. The molecule has 0 bridgehead atoms. The van der Waals surface area contributed by atoms with Crippen molar-refractivity contribution in [2.45, 2.75) is 13.0 Å². The summed E-state index contributed by atoms with van der Waals surface area (Å²) in [6.07, 6.45) is 1.67. The Bertz CT molecular complexity index is 986. The van der Waals surface area contributed by atoms with Gasteiger partial charge in [-0.3, -0.25) is 9.69 Å². The standard InChI is InChI=1S/C24H25ClN4O/c1-18(28-13-15-29(16-14-28)23-12-11-20(25)17-26-23)24(30)27-22-10-6-5-9-21(22)19-7-3-2-4-8-19/h2-12,17-18H,13-16H2,1H3,(H,27,30). The number of nitrogens with zero attached hydrogens (tertiary/aromatic N) is 3. The molecule has 5 nitrogen and oxygen atoms in total. The van der Waals surface area contributed by atoms with Gasteiger partial charge in [0.2, 0.25) is 5.91 Å². The number of piperazine rings is 1. The van der Waals surface area contributed by atoms with E-state index in [1.165, 1.54) is 0 Å². The molecule has 4 rings (SSSR count). The molecule has 0 aliphatic carbocycles. The van der Waals surface area contributed by atoms with Gasteiger partial charge in [0, 0.05) is 43.6 Å². The molecule has 1 saturated heterocycles. The van der Waals surface area contributed by atoms with Crippen LogP contribution in [0.4, 0.5) is 11.5 Å². The normalized spacial score (nSPS) is 15.6. The Morgan fingerprint density at radius 2 is 1.67 bits per heavy atom. The molecular weight excluding hydrogens is 396 g/mol. The molecule has 2 aromatic carbocycles. The lowest BCUT2D eigenvalue weighted by atomic mass is 10.0. The highest BCUT2D eigenvalue weighted by molar-refractivity contribution is 6.30. The molecular formula is C24H25ClN4O. The fraction of sp³-hybridized carbons (Fsp3) is 0.250. The number of carbonyl (C=O) groups is 1. The van der Waals surface area contributed by atoms with Crippen LogP contribution in [-0.2, 0) is 4.79 Å². The molecule has 1 aliphatic heterocycles. The van der Waals surface area contributed by atoms with Gasteiger partial charge in [0.05, 0.1) is 11.1 Å². The molecule has 1 N–H and O–H groups in total. The fourth-order valence-electron chi connectivity index (χ4n) is 3.76. The van der Waals surface area contributed by atoms with Crippen LogP contribution in [0.25, 0.3) is 11.1 Å². The van der Waals surface area contributed by atoms with Gasteiger partial charge in [-0.15, -0.1) is 0 Å². The van der Waals surface area contributed by atoms with Gasteiger partial charge in [-0.2, -0.15) is 0 Å². The van der Waals surface area contributed by atoms with Crippen molar-refractivity contribution in [1.29, 1.82) is 0 Å². The molecule has 1 atom stereocenters. The summed E-state index contributed by atoms with van der Waals surface area (Å²) in [4.78, 5) is 21.8. The molecule has 1 aromatic heterocycles. The SMILES string of the molecule is CC(C(=O)Nc1ccccc1-c1ccccc1)N1CCN(c2ccc(Cl)cn2)CC1. The van der Waals surface area contributed by atoms with Gasteiger partial charge in [0.25, 0.3) is 0 Å². The Kier molecular flexibility index (Phi) is 6.31. The first-order valence-electron chi connectivity index (χ1n) is 10.2. The predicted molar refractivity (Wildman–Crippen MR) is 123 cm³/mol.